The maximum absolute atomic E-state index is 12.5. The van der Waals surface area contributed by atoms with Gasteiger partial charge < -0.3 is 20.3 Å². The number of nitrogens with zero attached hydrogens (tertiary/aromatic N) is 1. The van der Waals surface area contributed by atoms with Gasteiger partial charge in [-0.15, -0.1) is 0 Å². The summed E-state index contributed by atoms with van der Waals surface area (Å²) < 4.78 is 5.29. The van der Waals surface area contributed by atoms with E-state index in [0.29, 0.717) is 13.1 Å². The van der Waals surface area contributed by atoms with Gasteiger partial charge in [0.2, 0.25) is 0 Å². The van der Waals surface area contributed by atoms with Crippen molar-refractivity contribution in [3.05, 3.63) is 35.9 Å². The first-order valence-corrected chi connectivity index (χ1v) is 8.84. The average Bonchev–Trinajstić information content (AvgIpc) is 2.54. The Balaban J connectivity index is 1.85. The number of alkyl carbamates (subject to hydrolysis) is 1. The number of rotatable bonds is 3. The number of benzene rings is 1. The predicted molar refractivity (Wildman–Crippen MR) is 97.4 cm³/mol. The van der Waals surface area contributed by atoms with Crippen molar-refractivity contribution in [2.75, 3.05) is 13.1 Å². The van der Waals surface area contributed by atoms with Crippen LogP contribution >= 0.6 is 0 Å². The number of likely N-dealkylation sites (tertiary alicyclic amines) is 1. The molecule has 0 radical (unpaired) electrons. The number of hydrogen-bond donors (Lipinski definition) is 2. The van der Waals surface area contributed by atoms with Gasteiger partial charge >= 0.3 is 12.1 Å². The fourth-order valence-electron chi connectivity index (χ4n) is 2.86. The molecule has 0 aliphatic carbocycles. The Hall–Kier alpha value is -2.24. The van der Waals surface area contributed by atoms with Crippen LogP contribution in [0, 0.1) is 0 Å². The molecule has 0 spiro atoms. The molecule has 25 heavy (non-hydrogen) atoms. The van der Waals surface area contributed by atoms with Gasteiger partial charge in [0.05, 0.1) is 6.04 Å². The van der Waals surface area contributed by atoms with E-state index in [1.54, 1.807) is 4.90 Å². The van der Waals surface area contributed by atoms with Crippen molar-refractivity contribution in [1.29, 1.82) is 0 Å². The Bertz CT molecular complexity index is 583. The number of amides is 3. The molecule has 2 N–H and O–H groups in total. The molecule has 1 aromatic rings. The molecule has 2 unspecified atom stereocenters. The lowest BCUT2D eigenvalue weighted by Gasteiger charge is -2.34. The van der Waals surface area contributed by atoms with E-state index in [4.69, 9.17) is 4.74 Å². The molecule has 1 aliphatic rings. The Morgan fingerprint density at radius 3 is 2.56 bits per heavy atom. The van der Waals surface area contributed by atoms with Gasteiger partial charge in [-0.3, -0.25) is 0 Å². The van der Waals surface area contributed by atoms with Crippen molar-refractivity contribution in [3.63, 3.8) is 0 Å². The summed E-state index contributed by atoms with van der Waals surface area (Å²) in [6.07, 6.45) is 1.27. The van der Waals surface area contributed by atoms with Crippen LogP contribution in [0.1, 0.15) is 52.1 Å². The topological polar surface area (TPSA) is 70.7 Å². The van der Waals surface area contributed by atoms with Crippen LogP contribution in [-0.4, -0.2) is 41.8 Å². The second kappa shape index (κ2) is 8.23. The monoisotopic (exact) mass is 347 g/mol. The lowest BCUT2D eigenvalue weighted by atomic mass is 10.1. The molecule has 0 saturated carbocycles. The zero-order valence-corrected chi connectivity index (χ0v) is 15.5. The zero-order chi connectivity index (χ0) is 18.4. The van der Waals surface area contributed by atoms with Gasteiger partial charge in [-0.05, 0) is 46.1 Å². The number of piperidine rings is 1. The molecule has 138 valence electrons. The van der Waals surface area contributed by atoms with Gasteiger partial charge in [-0.1, -0.05) is 30.3 Å². The molecule has 1 aliphatic heterocycles. The van der Waals surface area contributed by atoms with Crippen molar-refractivity contribution < 1.29 is 14.3 Å². The van der Waals surface area contributed by atoms with E-state index in [-0.39, 0.29) is 18.1 Å². The van der Waals surface area contributed by atoms with Crippen LogP contribution in [0.3, 0.4) is 0 Å². The average molecular weight is 347 g/mol. The summed E-state index contributed by atoms with van der Waals surface area (Å²) in [6, 6.07) is 9.61. The second-order valence-electron chi connectivity index (χ2n) is 7.51. The van der Waals surface area contributed by atoms with Gasteiger partial charge in [0.15, 0.2) is 0 Å². The third-order valence-corrected chi connectivity index (χ3v) is 4.07. The molecule has 6 heteroatoms. The van der Waals surface area contributed by atoms with Gasteiger partial charge in [0, 0.05) is 19.1 Å². The molecule has 1 heterocycles. The SMILES string of the molecule is CC(NC(=O)N1CCCC(NC(=O)OC(C)(C)C)C1)c1ccccc1. The van der Waals surface area contributed by atoms with Crippen LogP contribution in [0.25, 0.3) is 0 Å². The minimum atomic E-state index is -0.527. The molecule has 0 bridgehead atoms. The van der Waals surface area contributed by atoms with Gasteiger partial charge in [0.1, 0.15) is 5.60 Å². The molecule has 0 aromatic heterocycles. The summed E-state index contributed by atoms with van der Waals surface area (Å²) in [5.74, 6) is 0. The second-order valence-corrected chi connectivity index (χ2v) is 7.51. The molecular weight excluding hydrogens is 318 g/mol. The molecule has 1 saturated heterocycles. The van der Waals surface area contributed by atoms with E-state index < -0.39 is 11.7 Å². The number of hydrogen-bond acceptors (Lipinski definition) is 3. The standard InChI is InChI=1S/C19H29N3O3/c1-14(15-9-6-5-7-10-15)20-17(23)22-12-8-11-16(13-22)21-18(24)25-19(2,3)4/h5-7,9-10,14,16H,8,11-13H2,1-4H3,(H,20,23)(H,21,24). The summed E-state index contributed by atoms with van der Waals surface area (Å²) in [7, 11) is 0. The van der Waals surface area contributed by atoms with Crippen molar-refractivity contribution in [3.8, 4) is 0 Å². The van der Waals surface area contributed by atoms with Crippen molar-refractivity contribution in [2.45, 2.75) is 58.2 Å². The third-order valence-electron chi connectivity index (χ3n) is 4.07. The number of carbonyl (C=O) groups excluding carboxylic acids is 2. The fraction of sp³-hybridized carbons (Fsp3) is 0.579. The maximum Gasteiger partial charge on any atom is 0.407 e. The highest BCUT2D eigenvalue weighted by molar-refractivity contribution is 5.75. The summed E-state index contributed by atoms with van der Waals surface area (Å²) in [5, 5.41) is 5.88. The first-order chi connectivity index (χ1) is 11.7. The predicted octanol–water partition coefficient (Wildman–Crippen LogP) is 3.45. The molecular formula is C19H29N3O3. The highest BCUT2D eigenvalue weighted by Crippen LogP contribution is 2.15. The van der Waals surface area contributed by atoms with Crippen LogP contribution in [0.5, 0.6) is 0 Å². The van der Waals surface area contributed by atoms with Crippen LogP contribution in [0.15, 0.2) is 30.3 Å². The summed E-state index contributed by atoms with van der Waals surface area (Å²) in [4.78, 5) is 26.2. The van der Waals surface area contributed by atoms with E-state index in [0.717, 1.165) is 18.4 Å². The largest absolute Gasteiger partial charge is 0.444 e. The van der Waals surface area contributed by atoms with Gasteiger partial charge in [0.25, 0.3) is 0 Å². The lowest BCUT2D eigenvalue weighted by molar-refractivity contribution is 0.0479. The van der Waals surface area contributed by atoms with E-state index >= 15 is 0 Å². The number of urea groups is 1. The van der Waals surface area contributed by atoms with Crippen molar-refractivity contribution in [2.24, 2.45) is 0 Å². The Morgan fingerprint density at radius 1 is 1.24 bits per heavy atom. The molecule has 1 aromatic carbocycles. The number of nitrogens with one attached hydrogen (secondary N) is 2. The van der Waals surface area contributed by atoms with E-state index in [1.165, 1.54) is 0 Å². The van der Waals surface area contributed by atoms with Crippen molar-refractivity contribution >= 4 is 12.1 Å². The minimum Gasteiger partial charge on any atom is -0.444 e. The van der Waals surface area contributed by atoms with Gasteiger partial charge in [-0.25, -0.2) is 9.59 Å². The molecule has 6 nitrogen and oxygen atoms in total. The molecule has 2 rings (SSSR count). The number of ether oxygens (including phenoxy) is 1. The Kier molecular flexibility index (Phi) is 6.28. The van der Waals surface area contributed by atoms with Crippen molar-refractivity contribution in [1.82, 2.24) is 15.5 Å². The van der Waals surface area contributed by atoms with Gasteiger partial charge in [-0.2, -0.15) is 0 Å². The normalized spacial score (nSPS) is 19.0. The summed E-state index contributed by atoms with van der Waals surface area (Å²) >= 11 is 0. The summed E-state index contributed by atoms with van der Waals surface area (Å²) in [6.45, 7) is 8.65. The van der Waals surface area contributed by atoms with Crippen LogP contribution in [-0.2, 0) is 4.74 Å². The molecule has 2 atom stereocenters. The summed E-state index contributed by atoms with van der Waals surface area (Å²) in [5.41, 5.74) is 0.539. The Labute approximate surface area is 149 Å². The maximum atomic E-state index is 12.5. The smallest absolute Gasteiger partial charge is 0.407 e. The first-order valence-electron chi connectivity index (χ1n) is 8.84. The van der Waals surface area contributed by atoms with E-state index in [2.05, 4.69) is 10.6 Å². The quantitative estimate of drug-likeness (QED) is 0.880. The fourth-order valence-corrected chi connectivity index (χ4v) is 2.86. The van der Waals surface area contributed by atoms with E-state index in [1.807, 2.05) is 58.0 Å². The zero-order valence-electron chi connectivity index (χ0n) is 15.5. The molecule has 1 fully saturated rings. The Morgan fingerprint density at radius 2 is 1.92 bits per heavy atom. The van der Waals surface area contributed by atoms with Crippen LogP contribution in [0.2, 0.25) is 0 Å². The van der Waals surface area contributed by atoms with E-state index in [9.17, 15) is 9.59 Å². The number of carbonyl (C=O) groups is 2. The molecule has 3 amide bonds. The lowest BCUT2D eigenvalue weighted by Crippen LogP contribution is -2.53. The highest BCUT2D eigenvalue weighted by Gasteiger charge is 2.27. The van der Waals surface area contributed by atoms with Crippen LogP contribution in [0.4, 0.5) is 9.59 Å². The highest BCUT2D eigenvalue weighted by atomic mass is 16.6. The van der Waals surface area contributed by atoms with Crippen LogP contribution < -0.4 is 10.6 Å². The minimum absolute atomic E-state index is 0.0621. The third kappa shape index (κ3) is 6.29. The first kappa shape index (κ1) is 19.1.